The normalized spacial score (nSPS) is 19.7. The molecular formula is C21H25NO4. The number of amides is 1. The third-order valence-corrected chi connectivity index (χ3v) is 4.35. The van der Waals surface area contributed by atoms with Crippen LogP contribution < -0.4 is 10.1 Å². The van der Waals surface area contributed by atoms with Gasteiger partial charge in [-0.2, -0.15) is 0 Å². The van der Waals surface area contributed by atoms with Crippen molar-refractivity contribution in [3.05, 3.63) is 65.7 Å². The second-order valence-electron chi connectivity index (χ2n) is 6.47. The molecule has 0 saturated carbocycles. The van der Waals surface area contributed by atoms with E-state index in [1.807, 2.05) is 61.5 Å². The molecule has 0 bridgehead atoms. The molecule has 2 aromatic carbocycles. The van der Waals surface area contributed by atoms with Gasteiger partial charge in [0, 0.05) is 6.61 Å². The minimum atomic E-state index is -0.160. The Balaban J connectivity index is 1.47. The van der Waals surface area contributed by atoms with Gasteiger partial charge in [-0.15, -0.1) is 0 Å². The van der Waals surface area contributed by atoms with E-state index in [2.05, 4.69) is 5.32 Å². The Morgan fingerprint density at radius 2 is 1.92 bits per heavy atom. The largest absolute Gasteiger partial charge is 0.484 e. The van der Waals surface area contributed by atoms with Crippen LogP contribution in [-0.4, -0.2) is 37.9 Å². The zero-order valence-corrected chi connectivity index (χ0v) is 15.0. The lowest BCUT2D eigenvalue weighted by Crippen LogP contribution is -2.51. The highest BCUT2D eigenvalue weighted by atomic mass is 16.5. The van der Waals surface area contributed by atoms with Gasteiger partial charge in [0.25, 0.3) is 5.91 Å². The monoisotopic (exact) mass is 355 g/mol. The molecule has 2 atom stereocenters. The third kappa shape index (κ3) is 5.58. The van der Waals surface area contributed by atoms with Crippen molar-refractivity contribution < 1.29 is 19.0 Å². The van der Waals surface area contributed by atoms with Gasteiger partial charge >= 0.3 is 0 Å². The maximum atomic E-state index is 12.2. The first-order valence-electron chi connectivity index (χ1n) is 8.93. The molecule has 0 spiro atoms. The van der Waals surface area contributed by atoms with Gasteiger partial charge in [-0.25, -0.2) is 0 Å². The summed E-state index contributed by atoms with van der Waals surface area (Å²) in [5, 5.41) is 3.02. The van der Waals surface area contributed by atoms with E-state index in [4.69, 9.17) is 14.2 Å². The van der Waals surface area contributed by atoms with Crippen LogP contribution in [0.15, 0.2) is 54.6 Å². The van der Waals surface area contributed by atoms with E-state index in [-0.39, 0.29) is 24.7 Å². The Labute approximate surface area is 154 Å². The second kappa shape index (κ2) is 9.36. The second-order valence-corrected chi connectivity index (χ2v) is 6.47. The maximum Gasteiger partial charge on any atom is 0.258 e. The summed E-state index contributed by atoms with van der Waals surface area (Å²) in [4.78, 5) is 12.2. The van der Waals surface area contributed by atoms with Crippen molar-refractivity contribution >= 4 is 5.91 Å². The summed E-state index contributed by atoms with van der Waals surface area (Å²) in [6.07, 6.45) is 0.572. The van der Waals surface area contributed by atoms with Crippen molar-refractivity contribution in [2.75, 3.05) is 19.8 Å². The molecule has 138 valence electrons. The molecule has 1 aliphatic rings. The Bertz CT molecular complexity index is 687. The molecule has 3 rings (SSSR count). The number of ether oxygens (including phenoxy) is 3. The van der Waals surface area contributed by atoms with E-state index >= 15 is 0 Å². The summed E-state index contributed by atoms with van der Waals surface area (Å²) in [6, 6.07) is 17.6. The molecule has 0 unspecified atom stereocenters. The number of carbonyl (C=O) groups excluding carboxylic acids is 1. The van der Waals surface area contributed by atoms with Gasteiger partial charge in [0.2, 0.25) is 0 Å². The quantitative estimate of drug-likeness (QED) is 0.830. The molecule has 1 fully saturated rings. The summed E-state index contributed by atoms with van der Waals surface area (Å²) < 4.78 is 17.0. The van der Waals surface area contributed by atoms with Crippen LogP contribution in [0.2, 0.25) is 0 Å². The van der Waals surface area contributed by atoms with E-state index in [1.165, 1.54) is 0 Å². The fraction of sp³-hybridized carbons (Fsp3) is 0.381. The number of hydrogen-bond acceptors (Lipinski definition) is 4. The number of benzene rings is 2. The molecule has 0 aliphatic carbocycles. The molecule has 5 heteroatoms. The van der Waals surface area contributed by atoms with Gasteiger partial charge in [-0.1, -0.05) is 48.0 Å². The zero-order chi connectivity index (χ0) is 18.2. The number of aryl methyl sites for hydroxylation is 1. The summed E-state index contributed by atoms with van der Waals surface area (Å²) in [6.45, 7) is 3.61. The molecule has 0 radical (unpaired) electrons. The highest BCUT2D eigenvalue weighted by molar-refractivity contribution is 5.77. The van der Waals surface area contributed by atoms with E-state index in [0.29, 0.717) is 25.6 Å². The highest BCUT2D eigenvalue weighted by Gasteiger charge is 2.28. The molecule has 2 aromatic rings. The van der Waals surface area contributed by atoms with Gasteiger partial charge in [0.1, 0.15) is 11.9 Å². The van der Waals surface area contributed by atoms with Crippen LogP contribution in [-0.2, 0) is 20.9 Å². The number of rotatable bonds is 7. The molecular weight excluding hydrogens is 330 g/mol. The highest BCUT2D eigenvalue weighted by Crippen LogP contribution is 2.15. The molecule has 1 aliphatic heterocycles. The molecule has 26 heavy (non-hydrogen) atoms. The van der Waals surface area contributed by atoms with E-state index in [0.717, 1.165) is 17.5 Å². The van der Waals surface area contributed by atoms with Crippen molar-refractivity contribution in [2.45, 2.75) is 32.1 Å². The van der Waals surface area contributed by atoms with Gasteiger partial charge in [-0.3, -0.25) is 4.79 Å². The summed E-state index contributed by atoms with van der Waals surface area (Å²) in [5.74, 6) is 0.542. The minimum Gasteiger partial charge on any atom is -0.484 e. The molecule has 1 N–H and O–H groups in total. The first kappa shape index (κ1) is 18.4. The topological polar surface area (TPSA) is 56.8 Å². The standard InChI is InChI=1S/C21H25NO4/c1-16-7-9-18(10-8-16)25-15-21(23)22-19-11-12-24-14-20(19)26-13-17-5-3-2-4-6-17/h2-10,19-20H,11-15H2,1H3,(H,22,23)/t19-,20-/m1/s1. The van der Waals surface area contributed by atoms with E-state index < -0.39 is 0 Å². The fourth-order valence-electron chi connectivity index (χ4n) is 2.85. The zero-order valence-electron chi connectivity index (χ0n) is 15.0. The lowest BCUT2D eigenvalue weighted by atomic mass is 10.1. The van der Waals surface area contributed by atoms with E-state index in [9.17, 15) is 4.79 Å². The Hall–Kier alpha value is -2.37. The Morgan fingerprint density at radius 3 is 2.69 bits per heavy atom. The predicted octanol–water partition coefficient (Wildman–Crippen LogP) is 2.86. The van der Waals surface area contributed by atoms with Crippen molar-refractivity contribution in [3.8, 4) is 5.75 Å². The maximum absolute atomic E-state index is 12.2. The van der Waals surface area contributed by atoms with Crippen molar-refractivity contribution in [1.82, 2.24) is 5.32 Å². The van der Waals surface area contributed by atoms with Crippen LogP contribution in [0.3, 0.4) is 0 Å². The summed E-state index contributed by atoms with van der Waals surface area (Å²) in [7, 11) is 0. The predicted molar refractivity (Wildman–Crippen MR) is 99.1 cm³/mol. The Kier molecular flexibility index (Phi) is 6.63. The molecule has 1 amide bonds. The van der Waals surface area contributed by atoms with Crippen molar-refractivity contribution in [1.29, 1.82) is 0 Å². The first-order valence-corrected chi connectivity index (χ1v) is 8.93. The number of carbonyl (C=O) groups is 1. The SMILES string of the molecule is Cc1ccc(OCC(=O)N[C@@H]2CCOC[C@H]2OCc2ccccc2)cc1. The third-order valence-electron chi connectivity index (χ3n) is 4.35. The van der Waals surface area contributed by atoms with Crippen LogP contribution in [0.1, 0.15) is 17.5 Å². The van der Waals surface area contributed by atoms with Crippen LogP contribution in [0, 0.1) is 6.92 Å². The van der Waals surface area contributed by atoms with Gasteiger partial charge in [0.15, 0.2) is 6.61 Å². The first-order chi connectivity index (χ1) is 12.7. The number of nitrogens with one attached hydrogen (secondary N) is 1. The lowest BCUT2D eigenvalue weighted by molar-refractivity contribution is -0.128. The fourth-order valence-corrected chi connectivity index (χ4v) is 2.85. The van der Waals surface area contributed by atoms with E-state index in [1.54, 1.807) is 0 Å². The van der Waals surface area contributed by atoms with Gasteiger partial charge in [-0.05, 0) is 31.0 Å². The van der Waals surface area contributed by atoms with Gasteiger partial charge in [0.05, 0.1) is 19.3 Å². The van der Waals surface area contributed by atoms with Crippen LogP contribution in [0.25, 0.3) is 0 Å². The average Bonchev–Trinajstić information content (AvgIpc) is 2.68. The molecule has 0 aromatic heterocycles. The number of hydrogen-bond donors (Lipinski definition) is 1. The molecule has 1 heterocycles. The Morgan fingerprint density at radius 1 is 1.15 bits per heavy atom. The summed E-state index contributed by atoms with van der Waals surface area (Å²) in [5.41, 5.74) is 2.26. The van der Waals surface area contributed by atoms with Crippen LogP contribution >= 0.6 is 0 Å². The van der Waals surface area contributed by atoms with Gasteiger partial charge < -0.3 is 19.5 Å². The average molecular weight is 355 g/mol. The van der Waals surface area contributed by atoms with Crippen molar-refractivity contribution in [2.24, 2.45) is 0 Å². The molecule has 1 saturated heterocycles. The minimum absolute atomic E-state index is 0.00811. The molecule has 5 nitrogen and oxygen atoms in total. The van der Waals surface area contributed by atoms with Crippen LogP contribution in [0.4, 0.5) is 0 Å². The lowest BCUT2D eigenvalue weighted by Gasteiger charge is -2.32. The van der Waals surface area contributed by atoms with Crippen molar-refractivity contribution in [3.63, 3.8) is 0 Å². The smallest absolute Gasteiger partial charge is 0.258 e. The summed E-state index contributed by atoms with van der Waals surface area (Å²) >= 11 is 0. The van der Waals surface area contributed by atoms with Crippen LogP contribution in [0.5, 0.6) is 5.75 Å².